The zero-order valence-corrected chi connectivity index (χ0v) is 23.2. The van der Waals surface area contributed by atoms with Gasteiger partial charge in [0.1, 0.15) is 6.17 Å². The Labute approximate surface area is 213 Å². The largest absolute Gasteiger partial charge is 0.385 e. The number of rotatable bonds is 11. The van der Waals surface area contributed by atoms with Crippen molar-refractivity contribution in [2.45, 2.75) is 106 Å². The van der Waals surface area contributed by atoms with E-state index in [0.717, 1.165) is 36.2 Å². The van der Waals surface area contributed by atoms with E-state index < -0.39 is 6.17 Å². The lowest BCUT2D eigenvalue weighted by atomic mass is 9.95. The third-order valence-electron chi connectivity index (χ3n) is 7.00. The summed E-state index contributed by atoms with van der Waals surface area (Å²) in [7, 11) is 0. The van der Waals surface area contributed by atoms with Crippen LogP contribution >= 0.6 is 0 Å². The average Bonchev–Trinajstić information content (AvgIpc) is 3.07. The van der Waals surface area contributed by atoms with Gasteiger partial charge in [0.05, 0.1) is 0 Å². The molecular weight excluding hydrogens is 433 g/mol. The van der Waals surface area contributed by atoms with Gasteiger partial charge in [0.25, 0.3) is 0 Å². The summed E-state index contributed by atoms with van der Waals surface area (Å²) in [6.45, 7) is 15.5. The maximum absolute atomic E-state index is 14.0. The molecule has 4 heteroatoms. The highest BCUT2D eigenvalue weighted by Gasteiger charge is 2.18. The summed E-state index contributed by atoms with van der Waals surface area (Å²) < 4.78 is 14.0. The predicted octanol–water partition coefficient (Wildman–Crippen LogP) is 6.54. The Morgan fingerprint density at radius 2 is 1.86 bits per heavy atom. The van der Waals surface area contributed by atoms with Gasteiger partial charge in [-0.05, 0) is 49.3 Å². The Morgan fingerprint density at radius 3 is 2.51 bits per heavy atom. The van der Waals surface area contributed by atoms with E-state index in [9.17, 15) is 4.39 Å². The molecule has 1 aromatic carbocycles. The minimum atomic E-state index is -0.956. The van der Waals surface area contributed by atoms with Crippen molar-refractivity contribution < 1.29 is 4.39 Å². The lowest BCUT2D eigenvalue weighted by Gasteiger charge is -2.24. The quantitative estimate of drug-likeness (QED) is 0.382. The molecule has 1 aliphatic rings. The van der Waals surface area contributed by atoms with Crippen LogP contribution in [0.3, 0.4) is 0 Å². The fourth-order valence-corrected chi connectivity index (χ4v) is 4.78. The zero-order chi connectivity index (χ0) is 25.8. The highest BCUT2D eigenvalue weighted by molar-refractivity contribution is 5.69. The molecule has 0 spiro atoms. The van der Waals surface area contributed by atoms with E-state index in [-0.39, 0.29) is 0 Å². The summed E-state index contributed by atoms with van der Waals surface area (Å²) in [4.78, 5) is 4.49. The molecule has 3 unspecified atom stereocenters. The van der Waals surface area contributed by atoms with Crippen molar-refractivity contribution in [3.63, 3.8) is 0 Å². The smallest absolute Gasteiger partial charge is 0.122 e. The minimum Gasteiger partial charge on any atom is -0.385 e. The molecule has 194 valence electrons. The SMILES string of the molecule is CC.CCCCC(CC(C)CC)NC1=c2cnccc2=C(c2ccc(C(C)F)cc2CC)NCC1. The highest BCUT2D eigenvalue weighted by atomic mass is 19.1. The first kappa shape index (κ1) is 28.9. The molecule has 35 heavy (non-hydrogen) atoms. The van der Waals surface area contributed by atoms with Gasteiger partial charge in [-0.1, -0.05) is 79.0 Å². The maximum atomic E-state index is 14.0. The molecule has 3 nitrogen and oxygen atoms in total. The number of hydrogen-bond donors (Lipinski definition) is 2. The number of fused-ring (bicyclic) bond motifs is 1. The van der Waals surface area contributed by atoms with E-state index >= 15 is 0 Å². The van der Waals surface area contributed by atoms with E-state index in [1.807, 2.05) is 38.4 Å². The summed E-state index contributed by atoms with van der Waals surface area (Å²) in [5, 5.41) is 10.0. The molecule has 0 saturated carbocycles. The summed E-state index contributed by atoms with van der Waals surface area (Å²) >= 11 is 0. The van der Waals surface area contributed by atoms with Crippen LogP contribution in [0.1, 0.15) is 110 Å². The van der Waals surface area contributed by atoms with Gasteiger partial charge in [-0.3, -0.25) is 4.98 Å². The number of alkyl halides is 1. The van der Waals surface area contributed by atoms with E-state index in [2.05, 4.69) is 55.4 Å². The number of aromatic nitrogens is 1. The number of nitrogens with zero attached hydrogens (tertiary/aromatic N) is 1. The molecule has 1 aliphatic heterocycles. The van der Waals surface area contributed by atoms with Crippen LogP contribution in [0, 0.1) is 5.92 Å². The molecule has 1 aromatic heterocycles. The van der Waals surface area contributed by atoms with Crippen LogP contribution in [0.25, 0.3) is 11.4 Å². The monoisotopic (exact) mass is 481 g/mol. The molecule has 0 amide bonds. The first-order chi connectivity index (χ1) is 17.0. The lowest BCUT2D eigenvalue weighted by molar-refractivity contribution is 0.374. The van der Waals surface area contributed by atoms with Crippen LogP contribution in [0.15, 0.2) is 36.7 Å². The normalized spacial score (nSPS) is 15.7. The number of nitrogens with one attached hydrogen (secondary N) is 2. The number of unbranched alkanes of at least 4 members (excludes halogenated alkanes) is 1. The van der Waals surface area contributed by atoms with Crippen molar-refractivity contribution in [1.82, 2.24) is 15.6 Å². The van der Waals surface area contributed by atoms with Crippen molar-refractivity contribution in [3.05, 3.63) is 63.8 Å². The van der Waals surface area contributed by atoms with Crippen LogP contribution < -0.4 is 21.1 Å². The Bertz CT molecular complexity index is 1030. The summed E-state index contributed by atoms with van der Waals surface area (Å²) in [5.41, 5.74) is 5.51. The van der Waals surface area contributed by atoms with Gasteiger partial charge in [-0.2, -0.15) is 0 Å². The third-order valence-corrected chi connectivity index (χ3v) is 7.00. The predicted molar refractivity (Wildman–Crippen MR) is 149 cm³/mol. The molecule has 2 aromatic rings. The molecule has 0 radical (unpaired) electrons. The maximum Gasteiger partial charge on any atom is 0.122 e. The number of aryl methyl sites for hydroxylation is 1. The number of pyridine rings is 1. The van der Waals surface area contributed by atoms with Crippen LogP contribution in [0.5, 0.6) is 0 Å². The second kappa shape index (κ2) is 14.9. The third kappa shape index (κ3) is 7.81. The van der Waals surface area contributed by atoms with Crippen molar-refractivity contribution in [1.29, 1.82) is 0 Å². The topological polar surface area (TPSA) is 37.0 Å². The molecule has 0 saturated heterocycles. The van der Waals surface area contributed by atoms with Gasteiger partial charge in [0.2, 0.25) is 0 Å². The molecule has 3 rings (SSSR count). The number of benzene rings is 1. The van der Waals surface area contributed by atoms with Gasteiger partial charge in [0, 0.05) is 58.8 Å². The Morgan fingerprint density at radius 1 is 1.09 bits per heavy atom. The van der Waals surface area contributed by atoms with Gasteiger partial charge >= 0.3 is 0 Å². The zero-order valence-electron chi connectivity index (χ0n) is 23.2. The second-order valence-electron chi connectivity index (χ2n) is 9.57. The molecular formula is C31H48FN3. The minimum absolute atomic E-state index is 0.487. The van der Waals surface area contributed by atoms with Crippen molar-refractivity contribution >= 4 is 11.4 Å². The van der Waals surface area contributed by atoms with Gasteiger partial charge in [-0.25, -0.2) is 4.39 Å². The van der Waals surface area contributed by atoms with Crippen molar-refractivity contribution in [2.24, 2.45) is 5.92 Å². The highest BCUT2D eigenvalue weighted by Crippen LogP contribution is 2.24. The van der Waals surface area contributed by atoms with E-state index in [1.165, 1.54) is 53.8 Å². The van der Waals surface area contributed by atoms with Gasteiger partial charge < -0.3 is 10.6 Å². The Kier molecular flexibility index (Phi) is 12.3. The second-order valence-corrected chi connectivity index (χ2v) is 9.57. The van der Waals surface area contributed by atoms with Crippen LogP contribution in [-0.4, -0.2) is 17.6 Å². The van der Waals surface area contributed by atoms with Crippen LogP contribution in [-0.2, 0) is 6.42 Å². The van der Waals surface area contributed by atoms with Gasteiger partial charge in [-0.15, -0.1) is 0 Å². The standard InChI is InChI=1S/C29H42FN3.C2H6/c1-6-9-10-24(17-20(4)7-2)33-28-14-16-32-29(26-13-15-31-19-27(26)28)25-12-11-23(21(5)30)18-22(25)8-3;1-2/h11-13,15,18-21,24,32-33H,6-10,14,16-17H2,1-5H3;1-2H3. The van der Waals surface area contributed by atoms with Gasteiger partial charge in [0.15, 0.2) is 0 Å². The average molecular weight is 482 g/mol. The summed E-state index contributed by atoms with van der Waals surface area (Å²) in [6, 6.07) is 8.64. The van der Waals surface area contributed by atoms with E-state index in [0.29, 0.717) is 12.0 Å². The Hall–Kier alpha value is -2.36. The first-order valence-corrected chi connectivity index (χ1v) is 13.9. The van der Waals surface area contributed by atoms with E-state index in [4.69, 9.17) is 0 Å². The molecule has 0 aliphatic carbocycles. The first-order valence-electron chi connectivity index (χ1n) is 13.9. The van der Waals surface area contributed by atoms with Crippen LogP contribution in [0.4, 0.5) is 4.39 Å². The molecule has 0 fully saturated rings. The van der Waals surface area contributed by atoms with E-state index in [1.54, 1.807) is 6.92 Å². The fraction of sp³-hybridized carbons (Fsp3) is 0.581. The number of hydrogen-bond acceptors (Lipinski definition) is 3. The fourth-order valence-electron chi connectivity index (χ4n) is 4.78. The molecule has 3 atom stereocenters. The number of halogens is 1. The van der Waals surface area contributed by atoms with Crippen molar-refractivity contribution in [2.75, 3.05) is 6.54 Å². The summed E-state index contributed by atoms with van der Waals surface area (Å²) in [5.74, 6) is 0.711. The molecule has 2 N–H and O–H groups in total. The molecule has 0 bridgehead atoms. The lowest BCUT2D eigenvalue weighted by Crippen LogP contribution is -2.38. The Balaban J connectivity index is 0.00000210. The van der Waals surface area contributed by atoms with Crippen LogP contribution in [0.2, 0.25) is 0 Å². The summed E-state index contributed by atoms with van der Waals surface area (Å²) in [6.07, 6.45) is 10.8. The van der Waals surface area contributed by atoms with Crippen molar-refractivity contribution in [3.8, 4) is 0 Å². The molecule has 2 heterocycles.